The van der Waals surface area contributed by atoms with Crippen molar-refractivity contribution in [3.8, 4) is 0 Å². The number of anilines is 1. The summed E-state index contributed by atoms with van der Waals surface area (Å²) in [5, 5.41) is 7.47. The minimum atomic E-state index is -0.259. The zero-order valence-corrected chi connectivity index (χ0v) is 17.1. The molecule has 0 spiro atoms. The first kappa shape index (κ1) is 18.5. The van der Waals surface area contributed by atoms with Crippen LogP contribution in [0, 0.1) is 0 Å². The maximum atomic E-state index is 13.3. The maximum absolute atomic E-state index is 13.3. The van der Waals surface area contributed by atoms with Crippen LogP contribution < -0.4 is 15.5 Å². The van der Waals surface area contributed by atoms with E-state index < -0.39 is 0 Å². The lowest BCUT2D eigenvalue weighted by molar-refractivity contribution is 0.0987. The standard InChI is InChI=1S/C26H25N3O/c1-26(18-19-10-4-2-5-11-19)27-22-16-17-29(25(30)20-12-6-3-7-13-20)23-15-9-8-14-21(23)24(22)28-26/h2-15,27-28H,16-18H2,1H3. The zero-order valence-electron chi connectivity index (χ0n) is 17.1. The van der Waals surface area contributed by atoms with E-state index >= 15 is 0 Å². The van der Waals surface area contributed by atoms with Gasteiger partial charge < -0.3 is 15.5 Å². The number of carbonyl (C=O) groups excluding carboxylic acids is 1. The minimum absolute atomic E-state index is 0.0382. The van der Waals surface area contributed by atoms with E-state index in [2.05, 4.69) is 47.9 Å². The largest absolute Gasteiger partial charge is 0.364 e. The lowest BCUT2D eigenvalue weighted by atomic mass is 10.0. The number of amides is 1. The maximum Gasteiger partial charge on any atom is 0.258 e. The van der Waals surface area contributed by atoms with Crippen LogP contribution in [0.3, 0.4) is 0 Å². The Labute approximate surface area is 177 Å². The van der Waals surface area contributed by atoms with Crippen molar-refractivity contribution in [3.05, 3.63) is 107 Å². The van der Waals surface area contributed by atoms with Crippen molar-refractivity contribution in [2.45, 2.75) is 25.4 Å². The van der Waals surface area contributed by atoms with E-state index in [0.29, 0.717) is 12.1 Å². The first-order chi connectivity index (χ1) is 14.6. The molecule has 2 aliphatic heterocycles. The van der Waals surface area contributed by atoms with Crippen molar-refractivity contribution in [1.29, 1.82) is 0 Å². The van der Waals surface area contributed by atoms with E-state index in [1.165, 1.54) is 11.3 Å². The Morgan fingerprint density at radius 1 is 0.900 bits per heavy atom. The molecule has 1 amide bonds. The molecule has 0 fully saturated rings. The molecule has 1 atom stereocenters. The molecule has 4 nitrogen and oxygen atoms in total. The van der Waals surface area contributed by atoms with Crippen molar-refractivity contribution >= 4 is 17.3 Å². The van der Waals surface area contributed by atoms with Crippen molar-refractivity contribution in [1.82, 2.24) is 10.6 Å². The SMILES string of the molecule is CC1(Cc2ccccc2)NC2=C(N1)c1ccccc1N(C(=O)c1ccccc1)CC2. The Kier molecular flexibility index (Phi) is 4.55. The molecule has 30 heavy (non-hydrogen) atoms. The number of hydrogen-bond acceptors (Lipinski definition) is 3. The van der Waals surface area contributed by atoms with Crippen LogP contribution in [0.25, 0.3) is 5.70 Å². The van der Waals surface area contributed by atoms with Crippen molar-refractivity contribution in [2.24, 2.45) is 0 Å². The van der Waals surface area contributed by atoms with Gasteiger partial charge in [0.25, 0.3) is 5.91 Å². The molecule has 2 N–H and O–H groups in total. The highest BCUT2D eigenvalue weighted by molar-refractivity contribution is 6.07. The summed E-state index contributed by atoms with van der Waals surface area (Å²) >= 11 is 0. The van der Waals surface area contributed by atoms with Crippen LogP contribution in [0.4, 0.5) is 5.69 Å². The summed E-state index contributed by atoms with van der Waals surface area (Å²) in [5.74, 6) is 0.0382. The van der Waals surface area contributed by atoms with Crippen LogP contribution in [-0.4, -0.2) is 18.1 Å². The lowest BCUT2D eigenvalue weighted by Gasteiger charge is -2.30. The second kappa shape index (κ2) is 7.38. The van der Waals surface area contributed by atoms with Gasteiger partial charge in [-0.3, -0.25) is 4.79 Å². The van der Waals surface area contributed by atoms with Gasteiger partial charge in [-0.2, -0.15) is 0 Å². The summed E-state index contributed by atoms with van der Waals surface area (Å²) in [6.45, 7) is 2.84. The molecule has 150 valence electrons. The molecule has 0 bridgehead atoms. The van der Waals surface area contributed by atoms with Crippen LogP contribution >= 0.6 is 0 Å². The molecule has 2 heterocycles. The van der Waals surface area contributed by atoms with E-state index in [-0.39, 0.29) is 11.6 Å². The average molecular weight is 396 g/mol. The Balaban J connectivity index is 1.47. The molecule has 0 saturated carbocycles. The molecule has 0 aliphatic carbocycles. The second-order valence-electron chi connectivity index (χ2n) is 8.19. The molecule has 1 unspecified atom stereocenters. The van der Waals surface area contributed by atoms with Crippen LogP contribution in [0.15, 0.2) is 90.6 Å². The fraction of sp³-hybridized carbons (Fsp3) is 0.192. The van der Waals surface area contributed by atoms with Gasteiger partial charge in [-0.15, -0.1) is 0 Å². The van der Waals surface area contributed by atoms with Gasteiger partial charge in [-0.05, 0) is 30.7 Å². The number of nitrogens with zero attached hydrogens (tertiary/aromatic N) is 1. The van der Waals surface area contributed by atoms with Gasteiger partial charge in [0.1, 0.15) is 5.66 Å². The molecular formula is C26H25N3O. The third kappa shape index (κ3) is 3.35. The number of fused-ring (bicyclic) bond motifs is 2. The predicted molar refractivity (Wildman–Crippen MR) is 121 cm³/mol. The minimum Gasteiger partial charge on any atom is -0.364 e. The summed E-state index contributed by atoms with van der Waals surface area (Å²) in [7, 11) is 0. The van der Waals surface area contributed by atoms with Gasteiger partial charge >= 0.3 is 0 Å². The Hall–Kier alpha value is -3.53. The molecule has 0 radical (unpaired) electrons. The molecule has 3 aromatic carbocycles. The van der Waals surface area contributed by atoms with Gasteiger partial charge in [-0.25, -0.2) is 0 Å². The van der Waals surface area contributed by atoms with E-state index in [9.17, 15) is 4.79 Å². The van der Waals surface area contributed by atoms with Gasteiger partial charge in [0.15, 0.2) is 0 Å². The fourth-order valence-electron chi connectivity index (χ4n) is 4.50. The second-order valence-corrected chi connectivity index (χ2v) is 8.19. The smallest absolute Gasteiger partial charge is 0.258 e. The summed E-state index contributed by atoms with van der Waals surface area (Å²) in [4.78, 5) is 15.2. The molecule has 3 aromatic rings. The molecule has 0 saturated heterocycles. The van der Waals surface area contributed by atoms with E-state index in [1.54, 1.807) is 0 Å². The highest BCUT2D eigenvalue weighted by Gasteiger charge is 2.37. The highest BCUT2D eigenvalue weighted by Crippen LogP contribution is 2.37. The summed E-state index contributed by atoms with van der Waals surface area (Å²) in [5.41, 5.74) is 6.03. The van der Waals surface area contributed by atoms with E-state index in [1.807, 2.05) is 59.5 Å². The topological polar surface area (TPSA) is 44.4 Å². The van der Waals surface area contributed by atoms with Crippen LogP contribution in [0.5, 0.6) is 0 Å². The monoisotopic (exact) mass is 395 g/mol. The van der Waals surface area contributed by atoms with Gasteiger partial charge in [0.2, 0.25) is 0 Å². The van der Waals surface area contributed by atoms with E-state index in [0.717, 1.165) is 29.8 Å². The molecular weight excluding hydrogens is 370 g/mol. The summed E-state index contributed by atoms with van der Waals surface area (Å²) in [6.07, 6.45) is 1.65. The summed E-state index contributed by atoms with van der Waals surface area (Å²) < 4.78 is 0. The van der Waals surface area contributed by atoms with Crippen molar-refractivity contribution in [3.63, 3.8) is 0 Å². The number of hydrogen-bond donors (Lipinski definition) is 2. The van der Waals surface area contributed by atoms with Gasteiger partial charge in [-0.1, -0.05) is 66.7 Å². The van der Waals surface area contributed by atoms with Crippen LogP contribution in [0.1, 0.15) is 34.8 Å². The zero-order chi connectivity index (χ0) is 20.6. The average Bonchev–Trinajstić information content (AvgIpc) is 3.03. The Morgan fingerprint density at radius 3 is 2.33 bits per heavy atom. The normalized spacial score (nSPS) is 20.0. The van der Waals surface area contributed by atoms with Gasteiger partial charge in [0, 0.05) is 36.2 Å². The van der Waals surface area contributed by atoms with Crippen LogP contribution in [-0.2, 0) is 6.42 Å². The molecule has 0 aromatic heterocycles. The molecule has 4 heteroatoms. The lowest BCUT2D eigenvalue weighted by Crippen LogP contribution is -2.49. The number of para-hydroxylation sites is 1. The first-order valence-corrected chi connectivity index (χ1v) is 10.4. The van der Waals surface area contributed by atoms with Crippen molar-refractivity contribution in [2.75, 3.05) is 11.4 Å². The fourth-order valence-corrected chi connectivity index (χ4v) is 4.50. The Morgan fingerprint density at radius 2 is 1.57 bits per heavy atom. The number of rotatable bonds is 3. The predicted octanol–water partition coefficient (Wildman–Crippen LogP) is 4.56. The quantitative estimate of drug-likeness (QED) is 0.683. The van der Waals surface area contributed by atoms with E-state index in [4.69, 9.17) is 0 Å². The third-order valence-electron chi connectivity index (χ3n) is 5.85. The number of carbonyl (C=O) groups is 1. The molecule has 2 aliphatic rings. The van der Waals surface area contributed by atoms with Crippen LogP contribution in [0.2, 0.25) is 0 Å². The number of nitrogens with one attached hydrogen (secondary N) is 2. The Bertz CT molecular complexity index is 1110. The van der Waals surface area contributed by atoms with Gasteiger partial charge in [0.05, 0.1) is 11.4 Å². The molecule has 5 rings (SSSR count). The highest BCUT2D eigenvalue weighted by atomic mass is 16.2. The first-order valence-electron chi connectivity index (χ1n) is 10.4. The van der Waals surface area contributed by atoms with Crippen molar-refractivity contribution < 1.29 is 4.79 Å². The summed E-state index contributed by atoms with van der Waals surface area (Å²) in [6, 6.07) is 28.2. The third-order valence-corrected chi connectivity index (χ3v) is 5.85. The number of benzene rings is 3.